The molecule has 1 fully saturated rings. The van der Waals surface area contributed by atoms with E-state index in [1.807, 2.05) is 36.4 Å². The molecule has 10 heteroatoms. The zero-order valence-corrected chi connectivity index (χ0v) is 20.9. The molecule has 204 valence electrons. The number of rotatable bonds is 11. The molecule has 0 amide bonds. The van der Waals surface area contributed by atoms with Crippen LogP contribution in [0.5, 0.6) is 17.2 Å². The van der Waals surface area contributed by atoms with Crippen molar-refractivity contribution < 1.29 is 43.8 Å². The molecular formula is C28H32O10. The van der Waals surface area contributed by atoms with Crippen molar-refractivity contribution in [3.05, 3.63) is 76.7 Å². The maximum absolute atomic E-state index is 13.1. The van der Waals surface area contributed by atoms with E-state index in [1.54, 1.807) is 18.2 Å². The van der Waals surface area contributed by atoms with Crippen molar-refractivity contribution >= 4 is 11.0 Å². The number of fused-ring (bicyclic) bond motifs is 1. The molecule has 0 bridgehead atoms. The van der Waals surface area contributed by atoms with Crippen LogP contribution in [0.15, 0.2) is 69.9 Å². The summed E-state index contributed by atoms with van der Waals surface area (Å²) in [4.78, 5) is 13.1. The van der Waals surface area contributed by atoms with E-state index < -0.39 is 48.7 Å². The number of allylic oxidation sites excluding steroid dienone is 1. The predicted octanol–water partition coefficient (Wildman–Crippen LogP) is 2.29. The molecule has 0 aliphatic carbocycles. The van der Waals surface area contributed by atoms with E-state index in [0.717, 1.165) is 18.4 Å². The summed E-state index contributed by atoms with van der Waals surface area (Å²) in [6.07, 6.45) is -2.03. The molecule has 1 aliphatic heterocycles. The third kappa shape index (κ3) is 6.35. The van der Waals surface area contributed by atoms with E-state index in [2.05, 4.69) is 13.0 Å². The summed E-state index contributed by atoms with van der Waals surface area (Å²) in [6, 6.07) is 14.2. The lowest BCUT2D eigenvalue weighted by atomic mass is 9.99. The zero-order valence-electron chi connectivity index (χ0n) is 20.9. The van der Waals surface area contributed by atoms with Gasteiger partial charge < -0.3 is 43.8 Å². The van der Waals surface area contributed by atoms with Gasteiger partial charge in [0.1, 0.15) is 42.4 Å². The molecule has 4 rings (SSSR count). The summed E-state index contributed by atoms with van der Waals surface area (Å²) >= 11 is 0. The van der Waals surface area contributed by atoms with Gasteiger partial charge in [0.25, 0.3) is 5.75 Å². The largest absolute Gasteiger partial charge is 0.493 e. The number of aliphatic hydroxyl groups is 4. The molecule has 1 aromatic heterocycles. The Morgan fingerprint density at radius 3 is 2.47 bits per heavy atom. The Labute approximate surface area is 219 Å². The molecule has 0 spiro atoms. The van der Waals surface area contributed by atoms with Crippen LogP contribution in [0.2, 0.25) is 0 Å². The Kier molecular flexibility index (Phi) is 9.38. The van der Waals surface area contributed by atoms with Crippen LogP contribution in [0.3, 0.4) is 0 Å². The fourth-order valence-electron chi connectivity index (χ4n) is 4.01. The first-order chi connectivity index (χ1) is 18.4. The molecule has 3 aromatic rings. The van der Waals surface area contributed by atoms with Crippen molar-refractivity contribution in [1.29, 1.82) is 0 Å². The van der Waals surface area contributed by atoms with Gasteiger partial charge in [-0.05, 0) is 30.5 Å². The third-order valence-corrected chi connectivity index (χ3v) is 6.06. The summed E-state index contributed by atoms with van der Waals surface area (Å²) in [6.45, 7) is 1.94. The Morgan fingerprint density at radius 1 is 0.947 bits per heavy atom. The van der Waals surface area contributed by atoms with E-state index in [-0.39, 0.29) is 17.9 Å². The smallest absolute Gasteiger partial charge is 0.383 e. The van der Waals surface area contributed by atoms with Crippen LogP contribution in [0.25, 0.3) is 11.0 Å². The number of hydrogen-bond donors (Lipinski definition) is 4. The summed E-state index contributed by atoms with van der Waals surface area (Å²) in [5, 5.41) is 40.5. The van der Waals surface area contributed by atoms with E-state index in [4.69, 9.17) is 23.4 Å². The fourth-order valence-corrected chi connectivity index (χ4v) is 4.01. The van der Waals surface area contributed by atoms with Crippen molar-refractivity contribution in [3.8, 4) is 17.2 Å². The van der Waals surface area contributed by atoms with Gasteiger partial charge >= 0.3 is 5.63 Å². The number of hydrogen-bond acceptors (Lipinski definition) is 10. The van der Waals surface area contributed by atoms with Gasteiger partial charge in [-0.2, -0.15) is 0 Å². The highest BCUT2D eigenvalue weighted by molar-refractivity contribution is 5.86. The monoisotopic (exact) mass is 528 g/mol. The van der Waals surface area contributed by atoms with Gasteiger partial charge in [0.2, 0.25) is 6.29 Å². The second-order valence-electron chi connectivity index (χ2n) is 8.81. The van der Waals surface area contributed by atoms with Crippen LogP contribution in [0.1, 0.15) is 25.3 Å². The highest BCUT2D eigenvalue weighted by Gasteiger charge is 2.45. The highest BCUT2D eigenvalue weighted by atomic mass is 16.7. The molecule has 1 aliphatic rings. The first kappa shape index (κ1) is 27.6. The Morgan fingerprint density at radius 2 is 1.74 bits per heavy atom. The second-order valence-corrected chi connectivity index (χ2v) is 8.81. The summed E-state index contributed by atoms with van der Waals surface area (Å²) in [5.74, 6) is 0.146. The highest BCUT2D eigenvalue weighted by Crippen LogP contribution is 2.37. The summed E-state index contributed by atoms with van der Waals surface area (Å²) < 4.78 is 28.4. The van der Waals surface area contributed by atoms with Gasteiger partial charge in [0.15, 0.2) is 5.75 Å². The minimum Gasteiger partial charge on any atom is -0.493 e. The SMILES string of the molecule is CCC=CCCOc1ccc2c(OCc3ccccc3)c(O[C@H]3O[C@H](CO)[C@@H](O)[C@H](O)[C@@H]3O)c(=O)oc2c1. The van der Waals surface area contributed by atoms with Crippen LogP contribution < -0.4 is 19.8 Å². The van der Waals surface area contributed by atoms with Crippen LogP contribution in [-0.4, -0.2) is 64.3 Å². The topological polar surface area (TPSA) is 148 Å². The van der Waals surface area contributed by atoms with Gasteiger partial charge in [-0.15, -0.1) is 0 Å². The van der Waals surface area contributed by atoms with Crippen molar-refractivity contribution in [2.75, 3.05) is 13.2 Å². The number of ether oxygens (including phenoxy) is 4. The van der Waals surface area contributed by atoms with Gasteiger partial charge in [-0.1, -0.05) is 49.4 Å². The lowest BCUT2D eigenvalue weighted by Gasteiger charge is -2.39. The standard InChI is InChI=1S/C28H32O10/c1-2-3-4-8-13-34-18-11-12-19-20(14-18)36-27(33)26(25(19)35-16-17-9-6-5-7-10-17)38-28-24(32)23(31)22(30)21(15-29)37-28/h3-7,9-12,14,21-24,28-32H,2,8,13,15-16H2,1H3/t21-,22-,23+,24+,28-/m1/s1. The van der Waals surface area contributed by atoms with Crippen LogP contribution in [0.4, 0.5) is 0 Å². The molecule has 4 N–H and O–H groups in total. The Bertz CT molecular complexity index is 1270. The molecule has 38 heavy (non-hydrogen) atoms. The molecule has 2 heterocycles. The summed E-state index contributed by atoms with van der Waals surface area (Å²) in [5.41, 5.74) is 0.106. The van der Waals surface area contributed by atoms with Gasteiger partial charge in [0, 0.05) is 6.07 Å². The van der Waals surface area contributed by atoms with Gasteiger partial charge in [-0.3, -0.25) is 0 Å². The van der Waals surface area contributed by atoms with E-state index in [1.165, 1.54) is 0 Å². The van der Waals surface area contributed by atoms with E-state index >= 15 is 0 Å². The quantitative estimate of drug-likeness (QED) is 0.166. The number of aliphatic hydroxyl groups excluding tert-OH is 4. The second kappa shape index (κ2) is 12.9. The van der Waals surface area contributed by atoms with Crippen LogP contribution in [0, 0.1) is 0 Å². The molecule has 0 saturated carbocycles. The normalized spacial score (nSPS) is 23.6. The third-order valence-electron chi connectivity index (χ3n) is 6.06. The molecular weight excluding hydrogens is 496 g/mol. The van der Waals surface area contributed by atoms with Crippen molar-refractivity contribution in [2.45, 2.75) is 57.1 Å². The summed E-state index contributed by atoms with van der Waals surface area (Å²) in [7, 11) is 0. The zero-order chi connectivity index (χ0) is 27.1. The Balaban J connectivity index is 1.67. The maximum Gasteiger partial charge on any atom is 0.383 e. The lowest BCUT2D eigenvalue weighted by Crippen LogP contribution is -2.60. The number of benzene rings is 2. The average molecular weight is 529 g/mol. The van der Waals surface area contributed by atoms with Crippen molar-refractivity contribution in [2.24, 2.45) is 0 Å². The van der Waals surface area contributed by atoms with E-state index in [0.29, 0.717) is 17.7 Å². The average Bonchev–Trinajstić information content (AvgIpc) is 2.93. The first-order valence-corrected chi connectivity index (χ1v) is 12.5. The van der Waals surface area contributed by atoms with Crippen LogP contribution in [-0.2, 0) is 11.3 Å². The van der Waals surface area contributed by atoms with E-state index in [9.17, 15) is 25.2 Å². The lowest BCUT2D eigenvalue weighted by molar-refractivity contribution is -0.278. The molecule has 2 aromatic carbocycles. The minimum atomic E-state index is -1.72. The van der Waals surface area contributed by atoms with Gasteiger partial charge in [-0.25, -0.2) is 4.79 Å². The van der Waals surface area contributed by atoms with Gasteiger partial charge in [0.05, 0.1) is 18.6 Å². The predicted molar refractivity (Wildman–Crippen MR) is 137 cm³/mol. The fraction of sp³-hybridized carbons (Fsp3) is 0.393. The molecule has 1 saturated heterocycles. The Hall–Kier alpha value is -3.41. The minimum absolute atomic E-state index is 0.0366. The molecule has 5 atom stereocenters. The molecule has 0 radical (unpaired) electrons. The maximum atomic E-state index is 13.1. The first-order valence-electron chi connectivity index (χ1n) is 12.5. The molecule has 0 unspecified atom stereocenters. The molecule has 10 nitrogen and oxygen atoms in total. The van der Waals surface area contributed by atoms with Crippen molar-refractivity contribution in [1.82, 2.24) is 0 Å². The van der Waals surface area contributed by atoms with Crippen LogP contribution >= 0.6 is 0 Å². The van der Waals surface area contributed by atoms with Crippen molar-refractivity contribution in [3.63, 3.8) is 0 Å².